The van der Waals surface area contributed by atoms with Crippen LogP contribution >= 0.6 is 0 Å². The zero-order valence-corrected chi connectivity index (χ0v) is 6.68. The zero-order valence-electron chi connectivity index (χ0n) is 6.68. The summed E-state index contributed by atoms with van der Waals surface area (Å²) in [5, 5.41) is 10.3. The number of alkyl halides is 2. The molecule has 0 fully saturated rings. The number of halogens is 2. The molecule has 14 heavy (non-hydrogen) atoms. The number of nitro groups is 1. The highest BCUT2D eigenvalue weighted by atomic mass is 19.3. The highest BCUT2D eigenvalue weighted by Crippen LogP contribution is 2.29. The Bertz CT molecular complexity index is 381. The molecule has 0 aromatic carbocycles. The van der Waals surface area contributed by atoms with Gasteiger partial charge in [0.25, 0.3) is 12.1 Å². The topological polar surface area (TPSA) is 73.1 Å². The Hall–Kier alpha value is -1.92. The van der Waals surface area contributed by atoms with Gasteiger partial charge in [-0.3, -0.25) is 19.9 Å². The maximum Gasteiger partial charge on any atom is 0.282 e. The van der Waals surface area contributed by atoms with Crippen molar-refractivity contribution >= 4 is 12.0 Å². The van der Waals surface area contributed by atoms with Crippen molar-refractivity contribution in [3.8, 4) is 0 Å². The van der Waals surface area contributed by atoms with E-state index < -0.39 is 28.3 Å². The summed E-state index contributed by atoms with van der Waals surface area (Å²) in [6.07, 6.45) is -2.09. The van der Waals surface area contributed by atoms with E-state index in [-0.39, 0.29) is 6.29 Å². The van der Waals surface area contributed by atoms with Crippen molar-refractivity contribution in [3.63, 3.8) is 0 Å². The molecule has 0 unspecified atom stereocenters. The van der Waals surface area contributed by atoms with Gasteiger partial charge in [-0.2, -0.15) is 0 Å². The van der Waals surface area contributed by atoms with E-state index in [2.05, 4.69) is 4.98 Å². The summed E-state index contributed by atoms with van der Waals surface area (Å²) >= 11 is 0. The van der Waals surface area contributed by atoms with Crippen LogP contribution in [0.25, 0.3) is 0 Å². The van der Waals surface area contributed by atoms with Gasteiger partial charge in [0.05, 0.1) is 4.92 Å². The van der Waals surface area contributed by atoms with Crippen molar-refractivity contribution in [2.75, 3.05) is 0 Å². The normalized spacial score (nSPS) is 10.2. The van der Waals surface area contributed by atoms with E-state index in [1.54, 1.807) is 0 Å². The highest BCUT2D eigenvalue weighted by Gasteiger charge is 2.25. The molecule has 0 N–H and O–H groups in total. The molecule has 1 aromatic heterocycles. The number of hydrogen-bond donors (Lipinski definition) is 0. The predicted molar refractivity (Wildman–Crippen MR) is 41.2 cm³/mol. The Labute approximate surface area is 76.5 Å². The monoisotopic (exact) mass is 202 g/mol. The second-order valence-electron chi connectivity index (χ2n) is 2.30. The van der Waals surface area contributed by atoms with Crippen LogP contribution in [0.2, 0.25) is 0 Å². The number of carbonyl (C=O) groups excluding carboxylic acids is 1. The Balaban J connectivity index is 3.43. The molecule has 1 aromatic rings. The van der Waals surface area contributed by atoms with Gasteiger partial charge < -0.3 is 0 Å². The lowest BCUT2D eigenvalue weighted by Gasteiger charge is -2.02. The van der Waals surface area contributed by atoms with Gasteiger partial charge in [0, 0.05) is 12.3 Å². The maximum absolute atomic E-state index is 12.3. The molecule has 0 bridgehead atoms. The minimum atomic E-state index is -3.09. The second-order valence-corrected chi connectivity index (χ2v) is 2.30. The molecule has 1 heterocycles. The molecule has 5 nitrogen and oxygen atoms in total. The Kier molecular flexibility index (Phi) is 2.80. The first-order chi connectivity index (χ1) is 6.57. The molecule has 0 saturated carbocycles. The number of pyridine rings is 1. The number of aldehydes is 1. The minimum absolute atomic E-state index is 0.0640. The molecular formula is C7H4F2N2O3. The fourth-order valence-electron chi connectivity index (χ4n) is 0.955. The van der Waals surface area contributed by atoms with E-state index in [9.17, 15) is 23.7 Å². The summed E-state index contributed by atoms with van der Waals surface area (Å²) in [6, 6.07) is 0.828. The maximum atomic E-state index is 12.3. The molecule has 0 atom stereocenters. The summed E-state index contributed by atoms with van der Waals surface area (Å²) < 4.78 is 24.7. The SMILES string of the molecule is O=Cc1nccc([N+](=O)[O-])c1C(F)F. The quantitative estimate of drug-likeness (QED) is 0.425. The lowest BCUT2D eigenvalue weighted by molar-refractivity contribution is -0.386. The van der Waals surface area contributed by atoms with Crippen molar-refractivity contribution in [2.24, 2.45) is 0 Å². The smallest absolute Gasteiger partial charge is 0.282 e. The lowest BCUT2D eigenvalue weighted by atomic mass is 10.2. The summed E-state index contributed by atoms with van der Waals surface area (Å²) in [4.78, 5) is 22.9. The zero-order chi connectivity index (χ0) is 10.7. The van der Waals surface area contributed by atoms with Crippen LogP contribution in [0.15, 0.2) is 12.3 Å². The van der Waals surface area contributed by atoms with E-state index in [1.165, 1.54) is 0 Å². The van der Waals surface area contributed by atoms with Crippen molar-refractivity contribution < 1.29 is 18.5 Å². The third kappa shape index (κ3) is 1.70. The number of aromatic nitrogens is 1. The van der Waals surface area contributed by atoms with E-state index in [0.717, 1.165) is 12.3 Å². The fourth-order valence-corrected chi connectivity index (χ4v) is 0.955. The molecule has 0 aliphatic carbocycles. The molecule has 0 radical (unpaired) electrons. The van der Waals surface area contributed by atoms with Crippen molar-refractivity contribution in [3.05, 3.63) is 33.6 Å². The van der Waals surface area contributed by atoms with Crippen LogP contribution in [0.1, 0.15) is 22.5 Å². The van der Waals surface area contributed by atoms with Gasteiger partial charge in [-0.15, -0.1) is 0 Å². The van der Waals surface area contributed by atoms with E-state index in [1.807, 2.05) is 0 Å². The summed E-state index contributed by atoms with van der Waals surface area (Å²) in [5.74, 6) is 0. The second kappa shape index (κ2) is 3.86. The number of rotatable bonds is 3. The molecule has 7 heteroatoms. The fraction of sp³-hybridized carbons (Fsp3) is 0.143. The van der Waals surface area contributed by atoms with Gasteiger partial charge in [0.15, 0.2) is 6.29 Å². The van der Waals surface area contributed by atoms with Crippen LogP contribution in [0.3, 0.4) is 0 Å². The summed E-state index contributed by atoms with van der Waals surface area (Å²) in [6.45, 7) is 0. The number of nitrogens with zero attached hydrogens (tertiary/aromatic N) is 2. The first kappa shape index (κ1) is 10.2. The molecule has 74 valence electrons. The van der Waals surface area contributed by atoms with Crippen molar-refractivity contribution in [1.29, 1.82) is 0 Å². The molecule has 0 amide bonds. The lowest BCUT2D eigenvalue weighted by Crippen LogP contribution is -2.02. The average Bonchev–Trinajstić information content (AvgIpc) is 2.16. The van der Waals surface area contributed by atoms with Gasteiger partial charge in [-0.05, 0) is 0 Å². The van der Waals surface area contributed by atoms with Gasteiger partial charge in [0.1, 0.15) is 11.3 Å². The first-order valence-corrected chi connectivity index (χ1v) is 3.44. The minimum Gasteiger partial charge on any atom is -0.296 e. The molecule has 0 spiro atoms. The van der Waals surface area contributed by atoms with Crippen LogP contribution in [0, 0.1) is 10.1 Å². The standard InChI is InChI=1S/C7H4F2N2O3/c8-7(9)6-4(3-12)10-2-1-5(6)11(13)14/h1-3,7H. The summed E-state index contributed by atoms with van der Waals surface area (Å²) in [5.41, 5.74) is -2.33. The van der Waals surface area contributed by atoms with Crippen LogP contribution in [0.4, 0.5) is 14.5 Å². The van der Waals surface area contributed by atoms with Gasteiger partial charge in [-0.25, -0.2) is 8.78 Å². The third-order valence-electron chi connectivity index (χ3n) is 1.52. The van der Waals surface area contributed by atoms with E-state index >= 15 is 0 Å². The highest BCUT2D eigenvalue weighted by molar-refractivity contribution is 5.76. The van der Waals surface area contributed by atoms with Crippen LogP contribution in [-0.2, 0) is 0 Å². The van der Waals surface area contributed by atoms with Gasteiger partial charge in [0.2, 0.25) is 0 Å². The van der Waals surface area contributed by atoms with Crippen molar-refractivity contribution in [2.45, 2.75) is 6.43 Å². The van der Waals surface area contributed by atoms with Crippen molar-refractivity contribution in [1.82, 2.24) is 4.98 Å². The Morgan fingerprint density at radius 3 is 2.64 bits per heavy atom. The van der Waals surface area contributed by atoms with Gasteiger partial charge in [-0.1, -0.05) is 0 Å². The predicted octanol–water partition coefficient (Wildman–Crippen LogP) is 1.74. The largest absolute Gasteiger partial charge is 0.296 e. The molecule has 0 aliphatic heterocycles. The Morgan fingerprint density at radius 2 is 2.21 bits per heavy atom. The van der Waals surface area contributed by atoms with E-state index in [0.29, 0.717) is 0 Å². The first-order valence-electron chi connectivity index (χ1n) is 3.44. The number of carbonyl (C=O) groups is 1. The van der Waals surface area contributed by atoms with E-state index in [4.69, 9.17) is 0 Å². The summed E-state index contributed by atoms with van der Waals surface area (Å²) in [7, 11) is 0. The molecule has 1 rings (SSSR count). The molecule has 0 aliphatic rings. The molecule has 0 saturated heterocycles. The Morgan fingerprint density at radius 1 is 1.57 bits per heavy atom. The third-order valence-corrected chi connectivity index (χ3v) is 1.52. The number of hydrogen-bond acceptors (Lipinski definition) is 4. The van der Waals surface area contributed by atoms with Gasteiger partial charge >= 0.3 is 0 Å². The molecular weight excluding hydrogens is 198 g/mol. The van der Waals surface area contributed by atoms with Crippen LogP contribution in [-0.4, -0.2) is 16.2 Å². The van der Waals surface area contributed by atoms with Crippen LogP contribution in [0.5, 0.6) is 0 Å². The van der Waals surface area contributed by atoms with Crippen LogP contribution < -0.4 is 0 Å². The average molecular weight is 202 g/mol.